The maximum absolute atomic E-state index is 10.5. The molecule has 0 unspecified atom stereocenters. The predicted molar refractivity (Wildman–Crippen MR) is 82.3 cm³/mol. The third-order valence-corrected chi connectivity index (χ3v) is 2.81. The minimum absolute atomic E-state index is 0.0796. The van der Waals surface area contributed by atoms with E-state index < -0.39 is 4.92 Å². The van der Waals surface area contributed by atoms with Gasteiger partial charge in [0.05, 0.1) is 16.6 Å². The fourth-order valence-corrected chi connectivity index (χ4v) is 1.75. The summed E-state index contributed by atoms with van der Waals surface area (Å²) in [5.41, 5.74) is 2.53. The maximum atomic E-state index is 10.5. The summed E-state index contributed by atoms with van der Waals surface area (Å²) < 4.78 is 0. The van der Waals surface area contributed by atoms with Gasteiger partial charge in [-0.15, -0.1) is 0 Å². The van der Waals surface area contributed by atoms with Crippen LogP contribution in [0.4, 0.5) is 5.69 Å². The molecule has 102 valence electrons. The molecule has 2 rings (SSSR count). The molecular formula is C17H12N2O2. The van der Waals surface area contributed by atoms with Crippen LogP contribution in [0.2, 0.25) is 0 Å². The second kappa shape index (κ2) is 6.83. The van der Waals surface area contributed by atoms with Crippen LogP contribution in [0.25, 0.3) is 12.2 Å². The molecule has 4 nitrogen and oxygen atoms in total. The second-order valence-corrected chi connectivity index (χ2v) is 4.30. The average molecular weight is 276 g/mol. The van der Waals surface area contributed by atoms with Crippen molar-refractivity contribution < 1.29 is 4.92 Å². The molecule has 2 aromatic rings. The van der Waals surface area contributed by atoms with Crippen LogP contribution in [0.5, 0.6) is 0 Å². The van der Waals surface area contributed by atoms with Gasteiger partial charge in [-0.2, -0.15) is 5.26 Å². The minimum atomic E-state index is -0.421. The van der Waals surface area contributed by atoms with Gasteiger partial charge in [-0.3, -0.25) is 10.1 Å². The van der Waals surface area contributed by atoms with E-state index in [9.17, 15) is 10.1 Å². The summed E-state index contributed by atoms with van der Waals surface area (Å²) in [6.07, 6.45) is 7.45. The van der Waals surface area contributed by atoms with Gasteiger partial charge in [0.25, 0.3) is 5.69 Å². The van der Waals surface area contributed by atoms with E-state index >= 15 is 0 Å². The summed E-state index contributed by atoms with van der Waals surface area (Å²) in [5.74, 6) is 0. The van der Waals surface area contributed by atoms with Crippen LogP contribution in [-0.4, -0.2) is 4.92 Å². The minimum Gasteiger partial charge on any atom is -0.258 e. The Balaban J connectivity index is 2.03. The van der Waals surface area contributed by atoms with E-state index in [1.807, 2.05) is 36.4 Å². The Kier molecular flexibility index (Phi) is 4.62. The summed E-state index contributed by atoms with van der Waals surface area (Å²) in [6, 6.07) is 15.7. The van der Waals surface area contributed by atoms with E-state index in [0.29, 0.717) is 5.56 Å². The number of benzene rings is 2. The predicted octanol–water partition coefficient (Wildman–Crippen LogP) is 4.19. The van der Waals surface area contributed by atoms with Crippen molar-refractivity contribution >= 4 is 17.8 Å². The Morgan fingerprint density at radius 1 is 1.00 bits per heavy atom. The summed E-state index contributed by atoms with van der Waals surface area (Å²) >= 11 is 0. The lowest BCUT2D eigenvalue weighted by Gasteiger charge is -1.93. The molecule has 0 aliphatic rings. The van der Waals surface area contributed by atoms with Gasteiger partial charge in [0.1, 0.15) is 0 Å². The molecule has 0 fully saturated rings. The van der Waals surface area contributed by atoms with E-state index in [1.165, 1.54) is 12.1 Å². The Labute approximate surface area is 122 Å². The molecule has 0 amide bonds. The SMILES string of the molecule is N#Cc1cccc(/C=C/C=C\c2ccc([N+](=O)[O-])cc2)c1. The van der Waals surface area contributed by atoms with Gasteiger partial charge in [-0.05, 0) is 35.4 Å². The molecule has 0 N–H and O–H groups in total. The third-order valence-electron chi connectivity index (χ3n) is 2.81. The van der Waals surface area contributed by atoms with Crippen molar-refractivity contribution in [3.05, 3.63) is 87.5 Å². The molecule has 0 spiro atoms. The van der Waals surface area contributed by atoms with E-state index in [4.69, 9.17) is 5.26 Å². The van der Waals surface area contributed by atoms with E-state index in [-0.39, 0.29) is 5.69 Å². The van der Waals surface area contributed by atoms with Crippen LogP contribution >= 0.6 is 0 Å². The van der Waals surface area contributed by atoms with Crippen molar-refractivity contribution in [2.24, 2.45) is 0 Å². The molecule has 0 saturated carbocycles. The Bertz CT molecular complexity index is 738. The highest BCUT2D eigenvalue weighted by atomic mass is 16.6. The van der Waals surface area contributed by atoms with Gasteiger partial charge in [-0.25, -0.2) is 0 Å². The monoisotopic (exact) mass is 276 g/mol. The van der Waals surface area contributed by atoms with Crippen molar-refractivity contribution in [1.29, 1.82) is 5.26 Å². The number of non-ortho nitro benzene ring substituents is 1. The van der Waals surface area contributed by atoms with Crippen molar-refractivity contribution in [1.82, 2.24) is 0 Å². The number of allylic oxidation sites excluding steroid dienone is 2. The lowest BCUT2D eigenvalue weighted by atomic mass is 10.1. The number of nitro groups is 1. The summed E-state index contributed by atoms with van der Waals surface area (Å²) in [7, 11) is 0. The lowest BCUT2D eigenvalue weighted by Crippen LogP contribution is -1.86. The zero-order valence-corrected chi connectivity index (χ0v) is 11.1. The maximum Gasteiger partial charge on any atom is 0.269 e. The summed E-state index contributed by atoms with van der Waals surface area (Å²) in [5, 5.41) is 19.3. The molecule has 0 bridgehead atoms. The standard InChI is InChI=1S/C17H12N2O2/c18-13-16-7-3-6-15(12-16)5-2-1-4-14-8-10-17(11-9-14)19(20)21/h1-12H/b4-1-,5-2+. The topological polar surface area (TPSA) is 66.9 Å². The van der Waals surface area contributed by atoms with Gasteiger partial charge in [0, 0.05) is 12.1 Å². The first-order chi connectivity index (χ1) is 10.2. The third kappa shape index (κ3) is 4.15. The number of hydrogen-bond donors (Lipinski definition) is 0. The van der Waals surface area contributed by atoms with E-state index in [1.54, 1.807) is 24.3 Å². The van der Waals surface area contributed by atoms with Gasteiger partial charge in [0.15, 0.2) is 0 Å². The van der Waals surface area contributed by atoms with Crippen LogP contribution in [-0.2, 0) is 0 Å². The van der Waals surface area contributed by atoms with Crippen molar-refractivity contribution in [3.8, 4) is 6.07 Å². The highest BCUT2D eigenvalue weighted by Gasteiger charge is 2.01. The van der Waals surface area contributed by atoms with Crippen LogP contribution in [0.15, 0.2) is 60.7 Å². The van der Waals surface area contributed by atoms with Gasteiger partial charge >= 0.3 is 0 Å². The van der Waals surface area contributed by atoms with Crippen LogP contribution in [0.1, 0.15) is 16.7 Å². The summed E-state index contributed by atoms with van der Waals surface area (Å²) in [4.78, 5) is 10.1. The van der Waals surface area contributed by atoms with Gasteiger partial charge in [0.2, 0.25) is 0 Å². The van der Waals surface area contributed by atoms with Gasteiger partial charge in [-0.1, -0.05) is 36.4 Å². The molecule has 0 heterocycles. The zero-order chi connectivity index (χ0) is 15.1. The largest absolute Gasteiger partial charge is 0.269 e. The average Bonchev–Trinajstić information content (AvgIpc) is 2.52. The normalized spacial score (nSPS) is 10.8. The number of rotatable bonds is 4. The number of nitrogens with zero attached hydrogens (tertiary/aromatic N) is 2. The van der Waals surface area contributed by atoms with Gasteiger partial charge < -0.3 is 0 Å². The zero-order valence-electron chi connectivity index (χ0n) is 11.1. The molecule has 0 aromatic heterocycles. The number of hydrogen-bond acceptors (Lipinski definition) is 3. The Hall–Kier alpha value is -3.19. The quantitative estimate of drug-likeness (QED) is 0.477. The van der Waals surface area contributed by atoms with Crippen molar-refractivity contribution in [2.75, 3.05) is 0 Å². The molecule has 0 aliphatic carbocycles. The second-order valence-electron chi connectivity index (χ2n) is 4.30. The fraction of sp³-hybridized carbons (Fsp3) is 0. The van der Waals surface area contributed by atoms with Crippen LogP contribution in [0.3, 0.4) is 0 Å². The highest BCUT2D eigenvalue weighted by molar-refractivity contribution is 5.58. The molecule has 4 heteroatoms. The number of nitro benzene ring substituents is 1. The smallest absolute Gasteiger partial charge is 0.258 e. The first kappa shape index (κ1) is 14.2. The molecule has 0 atom stereocenters. The van der Waals surface area contributed by atoms with E-state index in [0.717, 1.165) is 11.1 Å². The van der Waals surface area contributed by atoms with E-state index in [2.05, 4.69) is 6.07 Å². The number of nitriles is 1. The fourth-order valence-electron chi connectivity index (χ4n) is 1.75. The Morgan fingerprint density at radius 3 is 2.29 bits per heavy atom. The molecular weight excluding hydrogens is 264 g/mol. The van der Waals surface area contributed by atoms with Crippen LogP contribution < -0.4 is 0 Å². The first-order valence-corrected chi connectivity index (χ1v) is 6.28. The van der Waals surface area contributed by atoms with Crippen molar-refractivity contribution in [2.45, 2.75) is 0 Å². The first-order valence-electron chi connectivity index (χ1n) is 6.28. The summed E-state index contributed by atoms with van der Waals surface area (Å²) in [6.45, 7) is 0. The van der Waals surface area contributed by atoms with Crippen molar-refractivity contribution in [3.63, 3.8) is 0 Å². The molecule has 2 aromatic carbocycles. The lowest BCUT2D eigenvalue weighted by molar-refractivity contribution is -0.384. The Morgan fingerprint density at radius 2 is 1.67 bits per heavy atom. The molecule has 0 saturated heterocycles. The molecule has 0 aliphatic heterocycles. The van der Waals surface area contributed by atoms with Crippen LogP contribution in [0, 0.1) is 21.4 Å². The highest BCUT2D eigenvalue weighted by Crippen LogP contribution is 2.13. The molecule has 21 heavy (non-hydrogen) atoms. The molecule has 0 radical (unpaired) electrons.